The third-order valence-corrected chi connectivity index (χ3v) is 9.50. The molecule has 2 fully saturated rings. The molecule has 232 valence electrons. The lowest BCUT2D eigenvalue weighted by Crippen LogP contribution is -2.67. The third-order valence-electron chi connectivity index (χ3n) is 7.59. The van der Waals surface area contributed by atoms with Gasteiger partial charge in [-0.3, -0.25) is 14.7 Å². The molecule has 3 aliphatic rings. The number of nitrogens with zero attached hydrogens (tertiary/aromatic N) is 3. The first-order chi connectivity index (χ1) is 20.4. The number of nitrogens with one attached hydrogen (secondary N) is 2. The van der Waals surface area contributed by atoms with Crippen LogP contribution in [0, 0.1) is 5.82 Å². The molecule has 16 heteroatoms. The number of carbonyl (C=O) groups excluding carboxylic acids is 1. The van der Waals surface area contributed by atoms with E-state index in [0.29, 0.717) is 22.1 Å². The Bertz CT molecular complexity index is 1550. The second kappa shape index (κ2) is 12.6. The van der Waals surface area contributed by atoms with Crippen LogP contribution in [0.3, 0.4) is 0 Å². The average molecular weight is 656 g/mol. The minimum absolute atomic E-state index is 0.0334. The van der Waals surface area contributed by atoms with E-state index in [1.165, 1.54) is 23.5 Å². The molecule has 3 N–H and O–H groups in total. The molecule has 0 saturated carbocycles. The van der Waals surface area contributed by atoms with Gasteiger partial charge in [-0.2, -0.15) is 0 Å². The summed E-state index contributed by atoms with van der Waals surface area (Å²) in [6.45, 7) is 2.44. The molecular weight excluding hydrogens is 625 g/mol. The highest BCUT2D eigenvalue weighted by Crippen LogP contribution is 2.40. The second-order valence-electron chi connectivity index (χ2n) is 10.8. The molecule has 3 atom stereocenters. The Kier molecular flexibility index (Phi) is 9.20. The van der Waals surface area contributed by atoms with E-state index in [0.717, 1.165) is 12.3 Å². The van der Waals surface area contributed by atoms with Crippen molar-refractivity contribution in [2.24, 2.45) is 4.99 Å². The minimum Gasteiger partial charge on any atom is -0.478 e. The SMILES string of the molecule is CCOC(=O)CC1(NS(C)(=O)=O)CC2COCC(C1)N2CC1=C(C(=O)O)[C@H](c2ccc(F)cc2Cl)N=C(c2nccs2)N1. The summed E-state index contributed by atoms with van der Waals surface area (Å²) in [5, 5.41) is 15.9. The van der Waals surface area contributed by atoms with Crippen molar-refractivity contribution in [3.05, 3.63) is 62.5 Å². The van der Waals surface area contributed by atoms with Gasteiger partial charge in [-0.15, -0.1) is 11.3 Å². The van der Waals surface area contributed by atoms with Crippen molar-refractivity contribution in [2.45, 2.75) is 49.9 Å². The number of morpholine rings is 1. The summed E-state index contributed by atoms with van der Waals surface area (Å²) in [6.07, 6.45) is 2.96. The number of carboxylic acid groups (broad SMARTS) is 1. The fraction of sp³-hybridized carbons (Fsp3) is 0.481. The lowest BCUT2D eigenvalue weighted by atomic mass is 9.77. The number of carbonyl (C=O) groups is 2. The van der Waals surface area contributed by atoms with Gasteiger partial charge in [-0.1, -0.05) is 17.7 Å². The van der Waals surface area contributed by atoms with Crippen molar-refractivity contribution in [3.8, 4) is 0 Å². The third kappa shape index (κ3) is 7.07. The van der Waals surface area contributed by atoms with E-state index in [4.69, 9.17) is 21.1 Å². The van der Waals surface area contributed by atoms with Gasteiger partial charge >= 0.3 is 11.9 Å². The van der Waals surface area contributed by atoms with Crippen LogP contribution in [-0.4, -0.2) is 91.4 Å². The Morgan fingerprint density at radius 3 is 2.63 bits per heavy atom. The molecule has 1 aromatic heterocycles. The monoisotopic (exact) mass is 655 g/mol. The molecule has 5 rings (SSSR count). The largest absolute Gasteiger partial charge is 0.478 e. The fourth-order valence-electron chi connectivity index (χ4n) is 6.12. The van der Waals surface area contributed by atoms with E-state index in [1.807, 2.05) is 0 Å². The smallest absolute Gasteiger partial charge is 0.335 e. The Balaban J connectivity index is 1.52. The molecule has 2 unspecified atom stereocenters. The molecule has 2 saturated heterocycles. The number of halogens is 2. The van der Waals surface area contributed by atoms with Crippen molar-refractivity contribution >= 4 is 50.7 Å². The number of thiazole rings is 1. The lowest BCUT2D eigenvalue weighted by Gasteiger charge is -2.53. The topological polar surface area (TPSA) is 160 Å². The van der Waals surface area contributed by atoms with Crippen LogP contribution in [0.1, 0.15) is 42.8 Å². The Labute approximate surface area is 257 Å². The molecule has 0 spiro atoms. The van der Waals surface area contributed by atoms with Crippen molar-refractivity contribution in [1.29, 1.82) is 0 Å². The van der Waals surface area contributed by atoms with Gasteiger partial charge in [0.15, 0.2) is 10.8 Å². The number of carboxylic acids is 1. The molecule has 3 aliphatic heterocycles. The molecule has 2 bridgehead atoms. The number of fused-ring (bicyclic) bond motifs is 2. The van der Waals surface area contributed by atoms with Crippen LogP contribution in [0.2, 0.25) is 5.02 Å². The predicted molar refractivity (Wildman–Crippen MR) is 157 cm³/mol. The first-order valence-electron chi connectivity index (χ1n) is 13.5. The van der Waals surface area contributed by atoms with E-state index < -0.39 is 39.4 Å². The van der Waals surface area contributed by atoms with E-state index in [1.54, 1.807) is 18.5 Å². The number of piperidine rings is 1. The molecule has 1 aromatic carbocycles. The summed E-state index contributed by atoms with van der Waals surface area (Å²) in [7, 11) is -3.69. The Hall–Kier alpha value is -2.95. The highest BCUT2D eigenvalue weighted by molar-refractivity contribution is 7.88. The Morgan fingerprint density at radius 2 is 2.05 bits per heavy atom. The molecular formula is C27H31ClFN5O7S2. The highest BCUT2D eigenvalue weighted by atomic mass is 35.5. The van der Waals surface area contributed by atoms with E-state index in [9.17, 15) is 27.5 Å². The number of aliphatic imine (C=N–C) groups is 1. The fourth-order valence-corrected chi connectivity index (χ4v) is 8.01. The van der Waals surface area contributed by atoms with Crippen LogP contribution in [0.4, 0.5) is 4.39 Å². The maximum Gasteiger partial charge on any atom is 0.335 e. The summed E-state index contributed by atoms with van der Waals surface area (Å²) in [5.41, 5.74) is -0.507. The van der Waals surface area contributed by atoms with Crippen molar-refractivity contribution < 1.29 is 37.0 Å². The number of rotatable bonds is 10. The normalized spacial score (nSPS) is 26.0. The summed E-state index contributed by atoms with van der Waals surface area (Å²) < 4.78 is 52.4. The van der Waals surface area contributed by atoms with Crippen molar-refractivity contribution in [3.63, 3.8) is 0 Å². The number of hydrogen-bond donors (Lipinski definition) is 3. The molecule has 0 aliphatic carbocycles. The van der Waals surface area contributed by atoms with Crippen LogP contribution in [0.25, 0.3) is 0 Å². The highest BCUT2D eigenvalue weighted by Gasteiger charge is 2.50. The number of amidine groups is 1. The van der Waals surface area contributed by atoms with Gasteiger partial charge in [0.05, 0.1) is 38.1 Å². The standard InChI is InChI=1S/C27H31ClFN5O7S2/c1-3-41-21(35)11-27(33-43(2,38)39)9-16-13-40-14-17(10-27)34(16)12-20-22(26(36)37)23(18-5-4-15(29)8-19(18)28)32-24(31-20)25-30-6-7-42-25/h4-8,16-17,23,33H,3,9-14H2,1-2H3,(H,31,32)(H,36,37)/t16?,17?,23-,27?/m0/s1. The maximum absolute atomic E-state index is 13.9. The van der Waals surface area contributed by atoms with Gasteiger partial charge in [0, 0.05) is 52.0 Å². The summed E-state index contributed by atoms with van der Waals surface area (Å²) >= 11 is 7.70. The summed E-state index contributed by atoms with van der Waals surface area (Å²) in [6, 6.07) is 1.94. The number of sulfonamides is 1. The quantitative estimate of drug-likeness (QED) is 0.325. The first kappa shape index (κ1) is 31.5. The van der Waals surface area contributed by atoms with Crippen LogP contribution >= 0.6 is 22.9 Å². The van der Waals surface area contributed by atoms with E-state index in [2.05, 4.69) is 24.9 Å². The van der Waals surface area contributed by atoms with Crippen LogP contribution in [-0.2, 0) is 29.1 Å². The van der Waals surface area contributed by atoms with Gasteiger partial charge in [0.2, 0.25) is 10.0 Å². The predicted octanol–water partition coefficient (Wildman–Crippen LogP) is 2.47. The first-order valence-corrected chi connectivity index (χ1v) is 16.7. The van der Waals surface area contributed by atoms with E-state index >= 15 is 0 Å². The molecule has 4 heterocycles. The van der Waals surface area contributed by atoms with Crippen molar-refractivity contribution in [1.82, 2.24) is 19.9 Å². The number of ether oxygens (including phenoxy) is 2. The number of aromatic nitrogens is 1. The molecule has 2 aromatic rings. The summed E-state index contributed by atoms with van der Waals surface area (Å²) in [4.78, 5) is 36.4. The van der Waals surface area contributed by atoms with Gasteiger partial charge < -0.3 is 19.9 Å². The van der Waals surface area contributed by atoms with Gasteiger partial charge in [0.25, 0.3) is 0 Å². The lowest BCUT2D eigenvalue weighted by molar-refractivity contribution is -0.148. The minimum atomic E-state index is -3.69. The number of benzene rings is 1. The van der Waals surface area contributed by atoms with E-state index in [-0.39, 0.29) is 68.3 Å². The number of esters is 1. The number of hydrogen-bond acceptors (Lipinski definition) is 11. The van der Waals surface area contributed by atoms with Crippen LogP contribution < -0.4 is 10.0 Å². The zero-order valence-electron chi connectivity index (χ0n) is 23.4. The second-order valence-corrected chi connectivity index (χ2v) is 13.8. The van der Waals surface area contributed by atoms with Gasteiger partial charge in [-0.25, -0.2) is 27.3 Å². The molecule has 0 radical (unpaired) electrons. The van der Waals surface area contributed by atoms with Gasteiger partial charge in [-0.05, 0) is 31.9 Å². The maximum atomic E-state index is 13.9. The molecule has 12 nitrogen and oxygen atoms in total. The summed E-state index contributed by atoms with van der Waals surface area (Å²) in [5.74, 6) is -1.97. The zero-order chi connectivity index (χ0) is 30.9. The molecule has 0 amide bonds. The number of aliphatic carboxylic acids is 1. The van der Waals surface area contributed by atoms with Crippen LogP contribution in [0.15, 0.2) is 46.0 Å². The van der Waals surface area contributed by atoms with Crippen LogP contribution in [0.5, 0.6) is 0 Å². The zero-order valence-corrected chi connectivity index (χ0v) is 25.8. The van der Waals surface area contributed by atoms with Gasteiger partial charge in [0.1, 0.15) is 11.9 Å². The average Bonchev–Trinajstić information content (AvgIpc) is 3.43. The Morgan fingerprint density at radius 1 is 1.33 bits per heavy atom. The molecule has 43 heavy (non-hydrogen) atoms. The van der Waals surface area contributed by atoms with Crippen molar-refractivity contribution in [2.75, 3.05) is 32.6 Å².